The van der Waals surface area contributed by atoms with Crippen molar-refractivity contribution in [2.24, 2.45) is 0 Å². The van der Waals surface area contributed by atoms with Gasteiger partial charge in [0.1, 0.15) is 17.6 Å². The Morgan fingerprint density at radius 3 is 2.50 bits per heavy atom. The zero-order chi connectivity index (χ0) is 20.1. The van der Waals surface area contributed by atoms with E-state index in [0.29, 0.717) is 18.0 Å². The SMILES string of the molecule is COc1ccc(C2CN(CCO)C(=O)[C@@H]2NC(=O)Nc2ccc(F)cc2)cc1. The van der Waals surface area contributed by atoms with Crippen LogP contribution in [0.1, 0.15) is 11.5 Å². The standard InChI is InChI=1S/C20H22FN3O4/c1-28-16-8-2-13(3-9-16)17-12-24(10-11-25)19(26)18(17)23-20(27)22-15-6-4-14(21)5-7-15/h2-9,17-18,25H,10-12H2,1H3,(H2,22,23,27)/t17?,18-/m1/s1. The Kier molecular flexibility index (Phi) is 6.10. The van der Waals surface area contributed by atoms with Crippen molar-refractivity contribution in [2.75, 3.05) is 32.1 Å². The maximum Gasteiger partial charge on any atom is 0.319 e. The number of β-amino-alcohol motifs (C(OH)–C–C–N with tert-alkyl or cyclic N) is 1. The molecule has 1 fully saturated rings. The molecule has 8 heteroatoms. The molecule has 2 atom stereocenters. The number of hydrogen-bond acceptors (Lipinski definition) is 4. The molecule has 2 aromatic carbocycles. The van der Waals surface area contributed by atoms with Gasteiger partial charge in [-0.3, -0.25) is 4.79 Å². The third-order valence-corrected chi connectivity index (χ3v) is 4.70. The van der Waals surface area contributed by atoms with Gasteiger partial charge in [0.25, 0.3) is 0 Å². The number of ether oxygens (including phenoxy) is 1. The third-order valence-electron chi connectivity index (χ3n) is 4.70. The van der Waals surface area contributed by atoms with Gasteiger partial charge in [-0.2, -0.15) is 0 Å². The van der Waals surface area contributed by atoms with Gasteiger partial charge in [0.05, 0.1) is 13.7 Å². The summed E-state index contributed by atoms with van der Waals surface area (Å²) in [4.78, 5) is 26.6. The number of carbonyl (C=O) groups excluding carboxylic acids is 2. The van der Waals surface area contributed by atoms with Crippen LogP contribution >= 0.6 is 0 Å². The van der Waals surface area contributed by atoms with E-state index in [9.17, 15) is 19.1 Å². The molecule has 0 radical (unpaired) electrons. The summed E-state index contributed by atoms with van der Waals surface area (Å²) in [6.07, 6.45) is 0. The van der Waals surface area contributed by atoms with Crippen molar-refractivity contribution < 1.29 is 23.8 Å². The fourth-order valence-electron chi connectivity index (χ4n) is 3.28. The highest BCUT2D eigenvalue weighted by Crippen LogP contribution is 2.30. The van der Waals surface area contributed by atoms with Gasteiger partial charge in [0.15, 0.2) is 0 Å². The molecule has 2 aromatic rings. The molecule has 3 amide bonds. The summed E-state index contributed by atoms with van der Waals surface area (Å²) in [6, 6.07) is 11.3. The molecule has 0 aromatic heterocycles. The maximum absolute atomic E-state index is 13.0. The number of aliphatic hydroxyl groups excluding tert-OH is 1. The first-order chi connectivity index (χ1) is 13.5. The van der Waals surface area contributed by atoms with Crippen LogP contribution in [0.5, 0.6) is 5.75 Å². The van der Waals surface area contributed by atoms with E-state index in [1.807, 2.05) is 12.1 Å². The fraction of sp³-hybridized carbons (Fsp3) is 0.300. The zero-order valence-electron chi connectivity index (χ0n) is 15.4. The number of hydrogen-bond donors (Lipinski definition) is 3. The first-order valence-corrected chi connectivity index (χ1v) is 8.88. The third kappa shape index (κ3) is 4.40. The van der Waals surface area contributed by atoms with Gasteiger partial charge in [-0.1, -0.05) is 12.1 Å². The molecule has 7 nitrogen and oxygen atoms in total. The largest absolute Gasteiger partial charge is 0.497 e. The van der Waals surface area contributed by atoms with Crippen LogP contribution in [0.15, 0.2) is 48.5 Å². The number of aliphatic hydroxyl groups is 1. The van der Waals surface area contributed by atoms with Crippen molar-refractivity contribution in [2.45, 2.75) is 12.0 Å². The predicted molar refractivity (Wildman–Crippen MR) is 102 cm³/mol. The van der Waals surface area contributed by atoms with E-state index in [1.165, 1.54) is 29.2 Å². The van der Waals surface area contributed by atoms with Crippen LogP contribution < -0.4 is 15.4 Å². The van der Waals surface area contributed by atoms with Crippen molar-refractivity contribution >= 4 is 17.6 Å². The summed E-state index contributed by atoms with van der Waals surface area (Å²) < 4.78 is 18.2. The molecule has 1 aliphatic rings. The van der Waals surface area contributed by atoms with Crippen LogP contribution in [0.2, 0.25) is 0 Å². The van der Waals surface area contributed by atoms with E-state index >= 15 is 0 Å². The van der Waals surface area contributed by atoms with Crippen LogP contribution in [0.3, 0.4) is 0 Å². The maximum atomic E-state index is 13.0. The van der Waals surface area contributed by atoms with Gasteiger partial charge >= 0.3 is 6.03 Å². The van der Waals surface area contributed by atoms with Gasteiger partial charge in [0, 0.05) is 24.7 Å². The lowest BCUT2D eigenvalue weighted by Gasteiger charge is -2.19. The first kappa shape index (κ1) is 19.6. The van der Waals surface area contributed by atoms with E-state index in [1.54, 1.807) is 19.2 Å². The molecule has 1 saturated heterocycles. The van der Waals surface area contributed by atoms with Crippen LogP contribution in [0.25, 0.3) is 0 Å². The van der Waals surface area contributed by atoms with E-state index in [-0.39, 0.29) is 25.0 Å². The Labute approximate surface area is 162 Å². The minimum atomic E-state index is -0.777. The number of rotatable bonds is 6. The van der Waals surface area contributed by atoms with Gasteiger partial charge in [0.2, 0.25) is 5.91 Å². The topological polar surface area (TPSA) is 90.9 Å². The van der Waals surface area contributed by atoms with Crippen LogP contribution in [-0.2, 0) is 4.79 Å². The molecule has 28 heavy (non-hydrogen) atoms. The molecule has 1 heterocycles. The molecule has 148 valence electrons. The number of methoxy groups -OCH3 is 1. The average molecular weight is 387 g/mol. The van der Waals surface area contributed by atoms with Crippen LogP contribution in [-0.4, -0.2) is 54.8 Å². The molecular weight excluding hydrogens is 365 g/mol. The lowest BCUT2D eigenvalue weighted by molar-refractivity contribution is -0.129. The number of nitrogens with zero attached hydrogens (tertiary/aromatic N) is 1. The van der Waals surface area contributed by atoms with E-state index in [4.69, 9.17) is 4.74 Å². The summed E-state index contributed by atoms with van der Waals surface area (Å²) in [5, 5.41) is 14.5. The number of benzene rings is 2. The van der Waals surface area contributed by atoms with Crippen molar-refractivity contribution in [1.82, 2.24) is 10.2 Å². The molecular formula is C20H22FN3O4. The second-order valence-electron chi connectivity index (χ2n) is 6.47. The Balaban J connectivity index is 1.76. The summed E-state index contributed by atoms with van der Waals surface area (Å²) in [6.45, 7) is 0.423. The van der Waals surface area contributed by atoms with Crippen molar-refractivity contribution in [3.8, 4) is 5.75 Å². The Morgan fingerprint density at radius 2 is 1.89 bits per heavy atom. The Hall–Kier alpha value is -3.13. The number of carbonyl (C=O) groups is 2. The Morgan fingerprint density at radius 1 is 1.21 bits per heavy atom. The Bertz CT molecular complexity index is 826. The highest BCUT2D eigenvalue weighted by Gasteiger charge is 2.41. The van der Waals surface area contributed by atoms with E-state index in [0.717, 1.165) is 5.56 Å². The lowest BCUT2D eigenvalue weighted by atomic mass is 9.94. The fourth-order valence-corrected chi connectivity index (χ4v) is 3.28. The quantitative estimate of drug-likeness (QED) is 0.707. The van der Waals surface area contributed by atoms with Gasteiger partial charge in [-0.05, 0) is 42.0 Å². The molecule has 3 N–H and O–H groups in total. The normalized spacial score (nSPS) is 18.8. The summed E-state index contributed by atoms with van der Waals surface area (Å²) in [5.74, 6) is -0.247. The number of likely N-dealkylation sites (tertiary alicyclic amines) is 1. The van der Waals surface area contributed by atoms with Gasteiger partial charge in [-0.15, -0.1) is 0 Å². The number of anilines is 1. The minimum absolute atomic E-state index is 0.157. The molecule has 0 spiro atoms. The molecule has 0 saturated carbocycles. The molecule has 3 rings (SSSR count). The van der Waals surface area contributed by atoms with Crippen LogP contribution in [0, 0.1) is 5.82 Å². The number of urea groups is 1. The minimum Gasteiger partial charge on any atom is -0.497 e. The van der Waals surface area contributed by atoms with Crippen LogP contribution in [0.4, 0.5) is 14.9 Å². The monoisotopic (exact) mass is 387 g/mol. The van der Waals surface area contributed by atoms with Crippen molar-refractivity contribution in [3.63, 3.8) is 0 Å². The second-order valence-corrected chi connectivity index (χ2v) is 6.47. The second kappa shape index (κ2) is 8.71. The van der Waals surface area contributed by atoms with Crippen molar-refractivity contribution in [3.05, 3.63) is 59.9 Å². The lowest BCUT2D eigenvalue weighted by Crippen LogP contribution is -2.45. The van der Waals surface area contributed by atoms with E-state index in [2.05, 4.69) is 10.6 Å². The van der Waals surface area contributed by atoms with Crippen molar-refractivity contribution in [1.29, 1.82) is 0 Å². The number of halogens is 1. The summed E-state index contributed by atoms with van der Waals surface area (Å²) in [5.41, 5.74) is 1.29. The first-order valence-electron chi connectivity index (χ1n) is 8.88. The number of amides is 3. The highest BCUT2D eigenvalue weighted by atomic mass is 19.1. The molecule has 1 aliphatic heterocycles. The average Bonchev–Trinajstić information content (AvgIpc) is 3.00. The smallest absolute Gasteiger partial charge is 0.319 e. The molecule has 1 unspecified atom stereocenters. The predicted octanol–water partition coefficient (Wildman–Crippen LogP) is 1.94. The highest BCUT2D eigenvalue weighted by molar-refractivity contribution is 5.95. The van der Waals surface area contributed by atoms with Gasteiger partial charge < -0.3 is 25.4 Å². The summed E-state index contributed by atoms with van der Waals surface area (Å²) in [7, 11) is 1.57. The summed E-state index contributed by atoms with van der Waals surface area (Å²) >= 11 is 0. The number of nitrogens with one attached hydrogen (secondary N) is 2. The van der Waals surface area contributed by atoms with E-state index < -0.39 is 17.9 Å². The van der Waals surface area contributed by atoms with Gasteiger partial charge in [-0.25, -0.2) is 9.18 Å². The molecule has 0 aliphatic carbocycles. The zero-order valence-corrected chi connectivity index (χ0v) is 15.4. The molecule has 0 bridgehead atoms.